The minimum absolute atomic E-state index is 0.0674. The summed E-state index contributed by atoms with van der Waals surface area (Å²) in [5.41, 5.74) is 0.699. The van der Waals surface area contributed by atoms with E-state index in [4.69, 9.17) is 0 Å². The molecule has 1 atom stereocenters. The Bertz CT molecular complexity index is 1050. The maximum absolute atomic E-state index is 13.5. The van der Waals surface area contributed by atoms with Gasteiger partial charge < -0.3 is 19.6 Å². The number of para-hydroxylation sites is 1. The van der Waals surface area contributed by atoms with E-state index in [0.29, 0.717) is 50.9 Å². The number of thioether (sulfide) groups is 1. The van der Waals surface area contributed by atoms with E-state index in [0.717, 1.165) is 24.2 Å². The summed E-state index contributed by atoms with van der Waals surface area (Å²) in [4.78, 5) is 56.5. The normalized spacial score (nSPS) is 20.8. The van der Waals surface area contributed by atoms with Gasteiger partial charge in [-0.1, -0.05) is 12.1 Å². The lowest BCUT2D eigenvalue weighted by Gasteiger charge is -2.38. The molecule has 4 heterocycles. The predicted molar refractivity (Wildman–Crippen MR) is 130 cm³/mol. The summed E-state index contributed by atoms with van der Waals surface area (Å²) in [5, 5.41) is -0.840. The van der Waals surface area contributed by atoms with Crippen molar-refractivity contribution in [3.05, 3.63) is 42.7 Å². The van der Waals surface area contributed by atoms with E-state index in [2.05, 4.69) is 14.9 Å². The van der Waals surface area contributed by atoms with Crippen LogP contribution in [0, 0.1) is 0 Å². The lowest BCUT2D eigenvalue weighted by Crippen LogP contribution is -2.55. The van der Waals surface area contributed by atoms with Gasteiger partial charge in [0.15, 0.2) is 5.25 Å². The molecule has 0 N–H and O–H groups in total. The van der Waals surface area contributed by atoms with Crippen molar-refractivity contribution in [1.82, 2.24) is 19.8 Å². The Morgan fingerprint density at radius 1 is 0.882 bits per heavy atom. The number of piperidine rings is 1. The number of rotatable bonds is 4. The van der Waals surface area contributed by atoms with Gasteiger partial charge in [-0.3, -0.25) is 14.4 Å². The Morgan fingerprint density at radius 2 is 1.59 bits per heavy atom. The van der Waals surface area contributed by atoms with Crippen molar-refractivity contribution in [2.45, 2.75) is 29.4 Å². The number of hydrogen-bond donors (Lipinski definition) is 0. The number of benzene rings is 1. The van der Waals surface area contributed by atoms with E-state index in [9.17, 15) is 14.4 Å². The first-order valence-electron chi connectivity index (χ1n) is 11.8. The molecule has 2 aromatic rings. The van der Waals surface area contributed by atoms with Crippen molar-refractivity contribution in [3.63, 3.8) is 0 Å². The summed E-state index contributed by atoms with van der Waals surface area (Å²) in [7, 11) is 0. The largest absolute Gasteiger partial charge is 0.341 e. The minimum Gasteiger partial charge on any atom is -0.341 e. The van der Waals surface area contributed by atoms with Crippen LogP contribution >= 0.6 is 11.8 Å². The zero-order valence-corrected chi connectivity index (χ0v) is 19.8. The molecule has 1 aromatic heterocycles. The molecule has 3 aliphatic heterocycles. The lowest BCUT2D eigenvalue weighted by molar-refractivity contribution is -0.137. The molecule has 2 fully saturated rings. The monoisotopic (exact) mass is 480 g/mol. The molecule has 10 heteroatoms. The number of anilines is 2. The lowest BCUT2D eigenvalue weighted by atomic mass is 10.1. The Kier molecular flexibility index (Phi) is 6.66. The fourth-order valence-corrected chi connectivity index (χ4v) is 5.85. The summed E-state index contributed by atoms with van der Waals surface area (Å²) >= 11 is 1.30. The molecule has 0 aliphatic carbocycles. The molecule has 0 radical (unpaired) electrons. The Labute approximate surface area is 203 Å². The van der Waals surface area contributed by atoms with Gasteiger partial charge in [-0.25, -0.2) is 9.97 Å². The predicted octanol–water partition coefficient (Wildman–Crippen LogP) is 1.65. The topological polar surface area (TPSA) is 90.0 Å². The van der Waals surface area contributed by atoms with Crippen molar-refractivity contribution >= 4 is 41.1 Å². The van der Waals surface area contributed by atoms with Crippen LogP contribution in [0.4, 0.5) is 11.6 Å². The van der Waals surface area contributed by atoms with Gasteiger partial charge in [0.1, 0.15) is 6.54 Å². The average molecular weight is 481 g/mol. The maximum Gasteiger partial charge on any atom is 0.250 e. The van der Waals surface area contributed by atoms with E-state index in [-0.39, 0.29) is 24.3 Å². The third-order valence-electron chi connectivity index (χ3n) is 6.54. The van der Waals surface area contributed by atoms with Crippen LogP contribution in [0.5, 0.6) is 0 Å². The summed E-state index contributed by atoms with van der Waals surface area (Å²) in [6.45, 7) is 3.65. The molecular weight excluding hydrogens is 452 g/mol. The van der Waals surface area contributed by atoms with Crippen LogP contribution in [0.25, 0.3) is 0 Å². The number of carbonyl (C=O) groups is 3. The number of amides is 3. The average Bonchev–Trinajstić information content (AvgIpc) is 2.90. The molecule has 0 saturated carbocycles. The molecule has 0 spiro atoms. The second-order valence-electron chi connectivity index (χ2n) is 8.69. The van der Waals surface area contributed by atoms with Crippen molar-refractivity contribution < 1.29 is 14.4 Å². The first-order valence-corrected chi connectivity index (χ1v) is 12.7. The van der Waals surface area contributed by atoms with Crippen LogP contribution < -0.4 is 9.80 Å². The third kappa shape index (κ3) is 4.59. The zero-order valence-electron chi connectivity index (χ0n) is 19.0. The number of nitrogens with zero attached hydrogens (tertiary/aromatic N) is 6. The maximum atomic E-state index is 13.5. The molecule has 178 valence electrons. The van der Waals surface area contributed by atoms with E-state index in [1.54, 1.807) is 28.3 Å². The van der Waals surface area contributed by atoms with Crippen molar-refractivity contribution in [3.8, 4) is 0 Å². The molecule has 3 aliphatic rings. The molecule has 0 bridgehead atoms. The number of aromatic nitrogens is 2. The SMILES string of the molecule is O=C(CN1C(=O)[C@@H](C(=O)N2CCCCC2)Sc2ccccc21)N1CCN(c2ncccn2)CC1. The van der Waals surface area contributed by atoms with Gasteiger partial charge in [0.05, 0.1) is 5.69 Å². The Hall–Kier alpha value is -3.14. The van der Waals surface area contributed by atoms with Gasteiger partial charge in [-0.15, -0.1) is 11.8 Å². The van der Waals surface area contributed by atoms with Crippen LogP contribution in [-0.4, -0.2) is 88.6 Å². The van der Waals surface area contributed by atoms with Crippen molar-refractivity contribution in [1.29, 1.82) is 0 Å². The summed E-state index contributed by atoms with van der Waals surface area (Å²) in [5.74, 6) is 0.0979. The number of piperazine rings is 1. The van der Waals surface area contributed by atoms with Crippen LogP contribution in [0.2, 0.25) is 0 Å². The van der Waals surface area contributed by atoms with Crippen LogP contribution in [-0.2, 0) is 14.4 Å². The van der Waals surface area contributed by atoms with Gasteiger partial charge in [-0.2, -0.15) is 0 Å². The number of fused-ring (bicyclic) bond motifs is 1. The van der Waals surface area contributed by atoms with E-state index < -0.39 is 5.25 Å². The standard InChI is InChI=1S/C24H28N6O3S/c31-20(27-13-15-29(16-14-27)24-25-9-6-10-26-24)17-30-18-7-2-3-8-19(18)34-21(23(30)33)22(32)28-11-4-1-5-12-28/h2-3,6-10,21H,1,4-5,11-17H2/t21-/m1/s1. The highest BCUT2D eigenvalue weighted by Crippen LogP contribution is 2.40. The first kappa shape index (κ1) is 22.6. The highest BCUT2D eigenvalue weighted by atomic mass is 32.2. The van der Waals surface area contributed by atoms with Gasteiger partial charge in [0.25, 0.3) is 5.91 Å². The van der Waals surface area contributed by atoms with Gasteiger partial charge >= 0.3 is 0 Å². The van der Waals surface area contributed by atoms with E-state index in [1.165, 1.54) is 16.7 Å². The number of hydrogen-bond acceptors (Lipinski definition) is 7. The molecule has 3 amide bonds. The smallest absolute Gasteiger partial charge is 0.250 e. The number of carbonyl (C=O) groups excluding carboxylic acids is 3. The summed E-state index contributed by atoms with van der Waals surface area (Å²) in [6, 6.07) is 9.29. The highest BCUT2D eigenvalue weighted by Gasteiger charge is 2.41. The fraction of sp³-hybridized carbons (Fsp3) is 0.458. The third-order valence-corrected chi connectivity index (χ3v) is 7.78. The van der Waals surface area contributed by atoms with Crippen molar-refractivity contribution in [2.24, 2.45) is 0 Å². The van der Waals surface area contributed by atoms with Gasteiger partial charge in [0.2, 0.25) is 17.8 Å². The molecule has 5 rings (SSSR count). The second-order valence-corrected chi connectivity index (χ2v) is 9.84. The van der Waals surface area contributed by atoms with Crippen LogP contribution in [0.1, 0.15) is 19.3 Å². The second kappa shape index (κ2) is 10.0. The first-order chi connectivity index (χ1) is 16.6. The highest BCUT2D eigenvalue weighted by molar-refractivity contribution is 8.01. The van der Waals surface area contributed by atoms with Gasteiger partial charge in [0, 0.05) is 56.6 Å². The molecule has 2 saturated heterocycles. The fourth-order valence-electron chi connectivity index (χ4n) is 4.66. The summed E-state index contributed by atoms with van der Waals surface area (Å²) in [6.07, 6.45) is 6.46. The quantitative estimate of drug-likeness (QED) is 0.615. The Balaban J connectivity index is 1.28. The van der Waals surface area contributed by atoms with E-state index >= 15 is 0 Å². The minimum atomic E-state index is -0.840. The Morgan fingerprint density at radius 3 is 2.32 bits per heavy atom. The zero-order chi connectivity index (χ0) is 23.5. The molecule has 1 aromatic carbocycles. The molecular formula is C24H28N6O3S. The van der Waals surface area contributed by atoms with Gasteiger partial charge in [-0.05, 0) is 37.5 Å². The molecule has 0 unspecified atom stereocenters. The van der Waals surface area contributed by atoms with Crippen LogP contribution in [0.15, 0.2) is 47.6 Å². The molecule has 9 nitrogen and oxygen atoms in total. The molecule has 34 heavy (non-hydrogen) atoms. The van der Waals surface area contributed by atoms with Crippen LogP contribution in [0.3, 0.4) is 0 Å². The summed E-state index contributed by atoms with van der Waals surface area (Å²) < 4.78 is 0. The van der Waals surface area contributed by atoms with Crippen molar-refractivity contribution in [2.75, 3.05) is 55.6 Å². The van der Waals surface area contributed by atoms with E-state index in [1.807, 2.05) is 24.3 Å². The number of likely N-dealkylation sites (tertiary alicyclic amines) is 1.